The van der Waals surface area contributed by atoms with E-state index in [0.29, 0.717) is 25.5 Å². The van der Waals surface area contributed by atoms with Gasteiger partial charge in [-0.15, -0.1) is 0 Å². The van der Waals surface area contributed by atoms with Crippen LogP contribution in [0.25, 0.3) is 0 Å². The monoisotopic (exact) mass is 251 g/mol. The number of imidazole rings is 1. The van der Waals surface area contributed by atoms with Crippen LogP contribution >= 0.6 is 0 Å². The van der Waals surface area contributed by atoms with Crippen molar-refractivity contribution in [3.05, 3.63) is 18.2 Å². The third-order valence-corrected chi connectivity index (χ3v) is 3.44. The standard InChI is InChI=1S/C12H17N3O3/c1-14-7-10(13-9-14)11(16)15-4-2-3-12(8-15)17-5-6-18-12/h7,9H,2-6,8H2,1H3. The Morgan fingerprint density at radius 2 is 2.22 bits per heavy atom. The minimum atomic E-state index is -0.567. The molecular weight excluding hydrogens is 234 g/mol. The molecule has 0 radical (unpaired) electrons. The van der Waals surface area contributed by atoms with Crippen molar-refractivity contribution in [3.8, 4) is 0 Å². The van der Waals surface area contributed by atoms with E-state index in [9.17, 15) is 4.79 Å². The second-order valence-electron chi connectivity index (χ2n) is 4.86. The smallest absolute Gasteiger partial charge is 0.274 e. The van der Waals surface area contributed by atoms with Crippen LogP contribution in [0.2, 0.25) is 0 Å². The molecule has 1 spiro atoms. The van der Waals surface area contributed by atoms with Gasteiger partial charge in [-0.25, -0.2) is 4.98 Å². The van der Waals surface area contributed by atoms with Gasteiger partial charge in [0.25, 0.3) is 5.91 Å². The van der Waals surface area contributed by atoms with Gasteiger partial charge >= 0.3 is 0 Å². The molecule has 0 bridgehead atoms. The fourth-order valence-electron chi connectivity index (χ4n) is 2.58. The van der Waals surface area contributed by atoms with Crippen LogP contribution in [-0.4, -0.2) is 52.4 Å². The molecule has 2 aliphatic rings. The summed E-state index contributed by atoms with van der Waals surface area (Å²) in [5.41, 5.74) is 0.479. The van der Waals surface area contributed by atoms with E-state index >= 15 is 0 Å². The molecule has 2 saturated heterocycles. The Kier molecular flexibility index (Phi) is 2.83. The summed E-state index contributed by atoms with van der Waals surface area (Å²) in [5.74, 6) is -0.614. The molecule has 2 fully saturated rings. The Balaban J connectivity index is 1.74. The zero-order valence-electron chi connectivity index (χ0n) is 10.5. The van der Waals surface area contributed by atoms with Gasteiger partial charge in [0.15, 0.2) is 5.79 Å². The highest BCUT2D eigenvalue weighted by molar-refractivity contribution is 5.92. The Morgan fingerprint density at radius 1 is 1.44 bits per heavy atom. The lowest BCUT2D eigenvalue weighted by Gasteiger charge is -2.38. The number of carbonyl (C=O) groups is 1. The van der Waals surface area contributed by atoms with Gasteiger partial charge < -0.3 is 18.9 Å². The first kappa shape index (κ1) is 11.7. The van der Waals surface area contributed by atoms with Crippen molar-refractivity contribution < 1.29 is 14.3 Å². The summed E-state index contributed by atoms with van der Waals surface area (Å²) in [6, 6.07) is 0. The molecule has 0 aromatic carbocycles. The lowest BCUT2D eigenvalue weighted by molar-refractivity contribution is -0.183. The highest BCUT2D eigenvalue weighted by Crippen LogP contribution is 2.30. The van der Waals surface area contributed by atoms with Crippen molar-refractivity contribution in [2.24, 2.45) is 7.05 Å². The first-order valence-electron chi connectivity index (χ1n) is 6.24. The van der Waals surface area contributed by atoms with Crippen LogP contribution in [0.1, 0.15) is 23.3 Å². The first-order chi connectivity index (χ1) is 8.69. The maximum absolute atomic E-state index is 12.3. The highest BCUT2D eigenvalue weighted by Gasteiger charge is 2.42. The second-order valence-corrected chi connectivity index (χ2v) is 4.86. The van der Waals surface area contributed by atoms with Crippen LogP contribution in [0.5, 0.6) is 0 Å². The van der Waals surface area contributed by atoms with Gasteiger partial charge in [-0.1, -0.05) is 0 Å². The summed E-state index contributed by atoms with van der Waals surface area (Å²) >= 11 is 0. The van der Waals surface area contributed by atoms with Crippen LogP contribution in [-0.2, 0) is 16.5 Å². The molecule has 18 heavy (non-hydrogen) atoms. The Bertz CT molecular complexity index is 451. The second kappa shape index (κ2) is 4.37. The minimum absolute atomic E-state index is 0.0474. The summed E-state index contributed by atoms with van der Waals surface area (Å²) in [6.45, 7) is 2.48. The van der Waals surface area contributed by atoms with E-state index in [0.717, 1.165) is 19.4 Å². The van der Waals surface area contributed by atoms with E-state index in [2.05, 4.69) is 4.98 Å². The summed E-state index contributed by atoms with van der Waals surface area (Å²) in [7, 11) is 1.85. The third kappa shape index (κ3) is 2.02. The van der Waals surface area contributed by atoms with Crippen molar-refractivity contribution in [3.63, 3.8) is 0 Å². The number of hydrogen-bond acceptors (Lipinski definition) is 4. The molecule has 1 amide bonds. The quantitative estimate of drug-likeness (QED) is 0.725. The molecule has 0 N–H and O–H groups in total. The van der Waals surface area contributed by atoms with Crippen molar-refractivity contribution in [1.82, 2.24) is 14.5 Å². The van der Waals surface area contributed by atoms with Crippen molar-refractivity contribution in [1.29, 1.82) is 0 Å². The van der Waals surface area contributed by atoms with E-state index < -0.39 is 5.79 Å². The van der Waals surface area contributed by atoms with Gasteiger partial charge in [0.2, 0.25) is 0 Å². The number of hydrogen-bond donors (Lipinski definition) is 0. The molecule has 0 saturated carbocycles. The zero-order chi connectivity index (χ0) is 12.6. The fourth-order valence-corrected chi connectivity index (χ4v) is 2.58. The molecule has 6 heteroatoms. The van der Waals surface area contributed by atoms with Crippen molar-refractivity contribution >= 4 is 5.91 Å². The maximum atomic E-state index is 12.3. The lowest BCUT2D eigenvalue weighted by Crippen LogP contribution is -2.51. The van der Waals surface area contributed by atoms with Crippen molar-refractivity contribution in [2.75, 3.05) is 26.3 Å². The predicted molar refractivity (Wildman–Crippen MR) is 63.0 cm³/mol. The SMILES string of the molecule is Cn1cnc(C(=O)N2CCCC3(C2)OCCO3)c1. The van der Waals surface area contributed by atoms with Gasteiger partial charge in [-0.3, -0.25) is 4.79 Å². The predicted octanol–water partition coefficient (Wildman–Crippen LogP) is 0.399. The van der Waals surface area contributed by atoms with Gasteiger partial charge in [0.05, 0.1) is 26.1 Å². The topological polar surface area (TPSA) is 56.6 Å². The van der Waals surface area contributed by atoms with Crippen LogP contribution < -0.4 is 0 Å². The molecule has 3 heterocycles. The first-order valence-corrected chi connectivity index (χ1v) is 6.24. The number of piperidine rings is 1. The summed E-state index contributed by atoms with van der Waals surface area (Å²) in [5, 5.41) is 0. The average molecular weight is 251 g/mol. The molecule has 0 atom stereocenters. The highest BCUT2D eigenvalue weighted by atomic mass is 16.7. The molecular formula is C12H17N3O3. The zero-order valence-corrected chi connectivity index (χ0v) is 10.5. The van der Waals surface area contributed by atoms with Crippen LogP contribution in [0, 0.1) is 0 Å². The molecule has 1 aromatic heterocycles. The third-order valence-electron chi connectivity index (χ3n) is 3.44. The molecule has 98 valence electrons. The summed E-state index contributed by atoms with van der Waals surface area (Å²) in [6.07, 6.45) is 5.13. The van der Waals surface area contributed by atoms with Gasteiger partial charge in [-0.2, -0.15) is 0 Å². The van der Waals surface area contributed by atoms with E-state index in [1.165, 1.54) is 0 Å². The summed E-state index contributed by atoms with van der Waals surface area (Å²) < 4.78 is 13.1. The number of aromatic nitrogens is 2. The average Bonchev–Trinajstić information content (AvgIpc) is 2.98. The van der Waals surface area contributed by atoms with E-state index in [1.54, 1.807) is 22.0 Å². The minimum Gasteiger partial charge on any atom is -0.346 e. The molecule has 1 aromatic rings. The number of nitrogens with zero attached hydrogens (tertiary/aromatic N) is 3. The fraction of sp³-hybridized carbons (Fsp3) is 0.667. The Labute approximate surface area is 105 Å². The number of aryl methyl sites for hydroxylation is 1. The largest absolute Gasteiger partial charge is 0.346 e. The Morgan fingerprint density at radius 3 is 2.89 bits per heavy atom. The molecule has 0 unspecified atom stereocenters. The number of carbonyl (C=O) groups excluding carboxylic acids is 1. The number of rotatable bonds is 1. The molecule has 2 aliphatic heterocycles. The van der Waals surface area contributed by atoms with Gasteiger partial charge in [0, 0.05) is 26.2 Å². The van der Waals surface area contributed by atoms with Crippen LogP contribution in [0.15, 0.2) is 12.5 Å². The number of ether oxygens (including phenoxy) is 2. The molecule has 0 aliphatic carbocycles. The lowest BCUT2D eigenvalue weighted by atomic mass is 10.0. The van der Waals surface area contributed by atoms with Crippen LogP contribution in [0.4, 0.5) is 0 Å². The van der Waals surface area contributed by atoms with E-state index in [1.807, 2.05) is 7.05 Å². The van der Waals surface area contributed by atoms with Crippen LogP contribution in [0.3, 0.4) is 0 Å². The normalized spacial score (nSPS) is 22.6. The van der Waals surface area contributed by atoms with Gasteiger partial charge in [-0.05, 0) is 6.42 Å². The van der Waals surface area contributed by atoms with Gasteiger partial charge in [0.1, 0.15) is 5.69 Å². The number of amides is 1. The number of likely N-dealkylation sites (tertiary alicyclic amines) is 1. The van der Waals surface area contributed by atoms with E-state index in [4.69, 9.17) is 9.47 Å². The molecule has 3 rings (SSSR count). The Hall–Kier alpha value is -1.40. The maximum Gasteiger partial charge on any atom is 0.274 e. The summed E-state index contributed by atoms with van der Waals surface area (Å²) in [4.78, 5) is 18.2. The molecule has 6 nitrogen and oxygen atoms in total. The van der Waals surface area contributed by atoms with E-state index in [-0.39, 0.29) is 5.91 Å². The van der Waals surface area contributed by atoms with Crippen molar-refractivity contribution in [2.45, 2.75) is 18.6 Å².